The number of anilines is 2. The molecule has 1 aliphatic rings. The number of fused-ring (bicyclic) bond motifs is 1. The highest BCUT2D eigenvalue weighted by atomic mass is 16.6. The number of nitrogens with zero attached hydrogens (tertiary/aromatic N) is 4. The van der Waals surface area contributed by atoms with E-state index >= 15 is 0 Å². The van der Waals surface area contributed by atoms with Crippen molar-refractivity contribution in [3.05, 3.63) is 86.9 Å². The van der Waals surface area contributed by atoms with Crippen LogP contribution < -0.4 is 10.6 Å². The molecule has 0 saturated carbocycles. The largest absolute Gasteiger partial charge is 0.462 e. The second-order valence-electron chi connectivity index (χ2n) is 8.29. The number of hydrogen-bond acceptors (Lipinski definition) is 9. The van der Waals surface area contributed by atoms with Gasteiger partial charge in [-0.1, -0.05) is 12.1 Å². The van der Waals surface area contributed by atoms with E-state index < -0.39 is 22.8 Å². The molecule has 0 radical (unpaired) electrons. The molecule has 0 unspecified atom stereocenters. The number of carbonyl (C=O) groups is 2. The quantitative estimate of drug-likeness (QED) is 0.225. The standard InChI is InChI=1S/C25H26N6O6/c1-3-37-24(34)16-9-11-18(12-10-16)27-23(33)21-15(2)26-25-28-20(8-5-13-32)29-30(25)22(21)17-6-4-7-19(14-17)31(35)36/h4,6-7,9-12,14,22,32H,3,5,8,13H2,1-2H3,(H,27,33)(H,26,28,29)/t22-/m0/s1. The molecule has 2 heterocycles. The van der Waals surface area contributed by atoms with Crippen LogP contribution in [0.4, 0.5) is 17.3 Å². The van der Waals surface area contributed by atoms with Crippen molar-refractivity contribution in [2.75, 3.05) is 23.8 Å². The molecule has 3 aromatic rings. The number of non-ortho nitro benzene ring substituents is 1. The van der Waals surface area contributed by atoms with E-state index in [9.17, 15) is 24.8 Å². The molecule has 1 aromatic heterocycles. The zero-order valence-electron chi connectivity index (χ0n) is 20.3. The Hall–Kier alpha value is -4.58. The van der Waals surface area contributed by atoms with Crippen molar-refractivity contribution < 1.29 is 24.4 Å². The minimum atomic E-state index is -0.801. The van der Waals surface area contributed by atoms with Gasteiger partial charge in [0, 0.05) is 36.5 Å². The lowest BCUT2D eigenvalue weighted by atomic mass is 9.94. The molecule has 3 N–H and O–H groups in total. The zero-order chi connectivity index (χ0) is 26.5. The minimum absolute atomic E-state index is 0.0223. The summed E-state index contributed by atoms with van der Waals surface area (Å²) in [7, 11) is 0. The number of carbonyl (C=O) groups excluding carboxylic acids is 2. The van der Waals surface area contributed by atoms with Gasteiger partial charge in [0.25, 0.3) is 11.6 Å². The SMILES string of the molecule is CCOC(=O)c1ccc(NC(=O)C2=C(C)Nc3nc(CCCO)nn3[C@H]2c2cccc([N+](=O)[O-])c2)cc1. The molecule has 37 heavy (non-hydrogen) atoms. The molecule has 0 aliphatic carbocycles. The van der Waals surface area contributed by atoms with Gasteiger partial charge in [-0.15, -0.1) is 0 Å². The fourth-order valence-electron chi connectivity index (χ4n) is 4.05. The molecule has 0 fully saturated rings. The molecule has 1 atom stereocenters. The van der Waals surface area contributed by atoms with Crippen LogP contribution in [0.1, 0.15) is 48.1 Å². The smallest absolute Gasteiger partial charge is 0.338 e. The average molecular weight is 507 g/mol. The number of nitro benzene ring substituents is 1. The molecular formula is C25H26N6O6. The molecular weight excluding hydrogens is 480 g/mol. The maximum Gasteiger partial charge on any atom is 0.338 e. The van der Waals surface area contributed by atoms with Crippen molar-refractivity contribution in [1.82, 2.24) is 14.8 Å². The Balaban J connectivity index is 1.70. The van der Waals surface area contributed by atoms with Gasteiger partial charge in [-0.2, -0.15) is 10.1 Å². The highest BCUT2D eigenvalue weighted by Crippen LogP contribution is 2.36. The van der Waals surface area contributed by atoms with E-state index in [0.717, 1.165) is 0 Å². The number of allylic oxidation sites excluding steroid dienone is 1. The van der Waals surface area contributed by atoms with E-state index in [2.05, 4.69) is 20.7 Å². The average Bonchev–Trinajstić information content (AvgIpc) is 3.29. The third-order valence-corrected chi connectivity index (χ3v) is 5.75. The number of amides is 1. The number of esters is 1. The first-order valence-electron chi connectivity index (χ1n) is 11.7. The highest BCUT2D eigenvalue weighted by molar-refractivity contribution is 6.06. The van der Waals surface area contributed by atoms with Crippen LogP contribution in [0.2, 0.25) is 0 Å². The second kappa shape index (κ2) is 11.0. The van der Waals surface area contributed by atoms with Gasteiger partial charge >= 0.3 is 5.97 Å². The summed E-state index contributed by atoms with van der Waals surface area (Å²) in [6.45, 7) is 3.66. The predicted molar refractivity (Wildman–Crippen MR) is 134 cm³/mol. The summed E-state index contributed by atoms with van der Waals surface area (Å²) in [6, 6.07) is 11.5. The Morgan fingerprint density at radius 1 is 1.24 bits per heavy atom. The molecule has 0 bridgehead atoms. The number of nitrogens with one attached hydrogen (secondary N) is 2. The number of aliphatic hydroxyl groups excluding tert-OH is 1. The molecule has 4 rings (SSSR count). The van der Waals surface area contributed by atoms with E-state index in [1.807, 2.05) is 0 Å². The van der Waals surface area contributed by atoms with Crippen LogP contribution in [0.15, 0.2) is 59.8 Å². The first kappa shape index (κ1) is 25.5. The summed E-state index contributed by atoms with van der Waals surface area (Å²) in [5.41, 5.74) is 1.96. The molecule has 2 aromatic carbocycles. The summed E-state index contributed by atoms with van der Waals surface area (Å²) >= 11 is 0. The molecule has 12 nitrogen and oxygen atoms in total. The fraction of sp³-hybridized carbons (Fsp3) is 0.280. The number of ether oxygens (including phenoxy) is 1. The van der Waals surface area contributed by atoms with E-state index in [-0.39, 0.29) is 18.9 Å². The van der Waals surface area contributed by atoms with Gasteiger partial charge in [0.2, 0.25) is 5.95 Å². The molecule has 1 amide bonds. The lowest BCUT2D eigenvalue weighted by Gasteiger charge is -2.28. The molecule has 192 valence electrons. The van der Waals surface area contributed by atoms with Gasteiger partial charge in [-0.3, -0.25) is 14.9 Å². The maximum atomic E-state index is 13.6. The molecule has 0 saturated heterocycles. The van der Waals surface area contributed by atoms with Gasteiger partial charge in [0.1, 0.15) is 6.04 Å². The van der Waals surface area contributed by atoms with E-state index in [4.69, 9.17) is 4.74 Å². The Morgan fingerprint density at radius 3 is 2.68 bits per heavy atom. The van der Waals surface area contributed by atoms with Gasteiger partial charge in [-0.25, -0.2) is 9.48 Å². The Kier molecular flexibility index (Phi) is 7.58. The summed E-state index contributed by atoms with van der Waals surface area (Å²) in [5.74, 6) is -0.0615. The molecule has 12 heteroatoms. The van der Waals surface area contributed by atoms with E-state index in [1.54, 1.807) is 50.2 Å². The Bertz CT molecular complexity index is 1360. The number of nitro groups is 1. The topological polar surface area (TPSA) is 162 Å². The number of aryl methyl sites for hydroxylation is 1. The van der Waals surface area contributed by atoms with Crippen LogP contribution in [-0.2, 0) is 16.0 Å². The first-order valence-corrected chi connectivity index (χ1v) is 11.7. The van der Waals surface area contributed by atoms with E-state index in [1.165, 1.54) is 16.8 Å². The van der Waals surface area contributed by atoms with Crippen molar-refractivity contribution in [3.8, 4) is 0 Å². The van der Waals surface area contributed by atoms with Crippen molar-refractivity contribution >= 4 is 29.2 Å². The van der Waals surface area contributed by atoms with Crippen LogP contribution in [-0.4, -0.2) is 49.9 Å². The lowest BCUT2D eigenvalue weighted by molar-refractivity contribution is -0.384. The summed E-state index contributed by atoms with van der Waals surface area (Å²) in [5, 5.41) is 31.1. The highest BCUT2D eigenvalue weighted by Gasteiger charge is 2.35. The number of benzene rings is 2. The summed E-state index contributed by atoms with van der Waals surface area (Å²) < 4.78 is 6.51. The van der Waals surface area contributed by atoms with Crippen LogP contribution >= 0.6 is 0 Å². The van der Waals surface area contributed by atoms with Gasteiger partial charge in [0.15, 0.2) is 5.82 Å². The molecule has 0 spiro atoms. The van der Waals surface area contributed by atoms with Gasteiger partial charge in [0.05, 0.1) is 22.7 Å². The van der Waals surface area contributed by atoms with Crippen molar-refractivity contribution in [2.24, 2.45) is 0 Å². The maximum absolute atomic E-state index is 13.6. The lowest BCUT2D eigenvalue weighted by Crippen LogP contribution is -2.31. The van der Waals surface area contributed by atoms with Crippen LogP contribution in [0.3, 0.4) is 0 Å². The van der Waals surface area contributed by atoms with Crippen LogP contribution in [0.25, 0.3) is 0 Å². The number of aromatic nitrogens is 3. The van der Waals surface area contributed by atoms with Crippen molar-refractivity contribution in [3.63, 3.8) is 0 Å². The number of hydrogen-bond donors (Lipinski definition) is 3. The van der Waals surface area contributed by atoms with Crippen molar-refractivity contribution in [2.45, 2.75) is 32.7 Å². The van der Waals surface area contributed by atoms with Crippen LogP contribution in [0.5, 0.6) is 0 Å². The first-order chi connectivity index (χ1) is 17.8. The number of aliphatic hydroxyl groups is 1. The number of rotatable bonds is 9. The summed E-state index contributed by atoms with van der Waals surface area (Å²) in [6.07, 6.45) is 0.889. The Morgan fingerprint density at radius 2 is 2.00 bits per heavy atom. The van der Waals surface area contributed by atoms with Crippen LogP contribution in [0, 0.1) is 10.1 Å². The summed E-state index contributed by atoms with van der Waals surface area (Å²) in [4.78, 5) is 40.9. The van der Waals surface area contributed by atoms with Crippen molar-refractivity contribution in [1.29, 1.82) is 0 Å². The minimum Gasteiger partial charge on any atom is -0.462 e. The molecule has 1 aliphatic heterocycles. The third-order valence-electron chi connectivity index (χ3n) is 5.75. The normalized spacial score (nSPS) is 14.5. The monoisotopic (exact) mass is 506 g/mol. The Labute approximate surface area is 212 Å². The predicted octanol–water partition coefficient (Wildman–Crippen LogP) is 3.22. The zero-order valence-corrected chi connectivity index (χ0v) is 20.3. The second-order valence-corrected chi connectivity index (χ2v) is 8.29. The van der Waals surface area contributed by atoms with Gasteiger partial charge < -0.3 is 20.5 Å². The van der Waals surface area contributed by atoms with E-state index in [0.29, 0.717) is 52.7 Å². The van der Waals surface area contributed by atoms with Gasteiger partial charge in [-0.05, 0) is 50.1 Å². The third kappa shape index (κ3) is 5.48. The fourth-order valence-corrected chi connectivity index (χ4v) is 4.05.